The highest BCUT2D eigenvalue weighted by molar-refractivity contribution is 7.80. The maximum Gasteiger partial charge on any atom is 0.229 e. The van der Waals surface area contributed by atoms with E-state index in [4.69, 9.17) is 16.6 Å². The lowest BCUT2D eigenvalue weighted by molar-refractivity contribution is 0.150. The summed E-state index contributed by atoms with van der Waals surface area (Å²) in [4.78, 5) is 18.1. The van der Waals surface area contributed by atoms with Crippen molar-refractivity contribution >= 4 is 29.2 Å². The minimum absolute atomic E-state index is 0.162. The normalized spacial score (nSPS) is 14.4. The fourth-order valence-electron chi connectivity index (χ4n) is 4.87. The maximum atomic E-state index is 13.7. The summed E-state index contributed by atoms with van der Waals surface area (Å²) in [5.41, 5.74) is 3.55. The van der Waals surface area contributed by atoms with Crippen LogP contribution < -0.4 is 10.6 Å². The van der Waals surface area contributed by atoms with Gasteiger partial charge in [0.25, 0.3) is 0 Å². The number of guanidine groups is 1. The highest BCUT2D eigenvalue weighted by atomic mass is 32.1. The van der Waals surface area contributed by atoms with Crippen molar-refractivity contribution in [2.45, 2.75) is 26.4 Å². The van der Waals surface area contributed by atoms with Crippen LogP contribution in [0.25, 0.3) is 0 Å². The number of hydrogen-bond donors (Lipinski definition) is 2. The number of rotatable bonds is 6. The van der Waals surface area contributed by atoms with Gasteiger partial charge in [0.15, 0.2) is 5.11 Å². The smallest absolute Gasteiger partial charge is 0.229 e. The van der Waals surface area contributed by atoms with E-state index >= 15 is 0 Å². The first-order chi connectivity index (χ1) is 19.8. The standard InChI is InChI=1S/C30H31F2N7OS/c1-20-18-21(2)35-28(34-20)36-29(37-30(41)33-19-26-4-3-17-40-26)39-15-13-38(14-16-39)27(22-5-9-24(31)10-6-22)23-7-11-25(32)12-8-23/h3-12,17-18,27H,13-16,19H2,1-2H3,(H2,33,34,35,36,37,41). The van der Waals surface area contributed by atoms with E-state index in [1.54, 1.807) is 30.5 Å². The van der Waals surface area contributed by atoms with E-state index in [1.807, 2.05) is 32.0 Å². The summed E-state index contributed by atoms with van der Waals surface area (Å²) in [6.07, 6.45) is 1.61. The zero-order chi connectivity index (χ0) is 28.8. The van der Waals surface area contributed by atoms with Gasteiger partial charge in [0.2, 0.25) is 11.9 Å². The molecule has 0 atom stereocenters. The summed E-state index contributed by atoms with van der Waals surface area (Å²) >= 11 is 5.53. The molecule has 5 rings (SSSR count). The first kappa shape index (κ1) is 28.3. The number of aryl methyl sites for hydroxylation is 2. The third-order valence-corrected chi connectivity index (χ3v) is 6.99. The Morgan fingerprint density at radius 1 is 0.927 bits per heavy atom. The van der Waals surface area contributed by atoms with Gasteiger partial charge < -0.3 is 14.6 Å². The van der Waals surface area contributed by atoms with Gasteiger partial charge in [-0.15, -0.1) is 0 Å². The van der Waals surface area contributed by atoms with Crippen molar-refractivity contribution in [3.8, 4) is 0 Å². The van der Waals surface area contributed by atoms with E-state index in [-0.39, 0.29) is 17.7 Å². The van der Waals surface area contributed by atoms with Crippen LogP contribution >= 0.6 is 12.2 Å². The van der Waals surface area contributed by atoms with Crippen molar-refractivity contribution in [2.75, 3.05) is 31.5 Å². The molecular weight excluding hydrogens is 544 g/mol. The fraction of sp³-hybridized carbons (Fsp3) is 0.267. The zero-order valence-electron chi connectivity index (χ0n) is 22.8. The third-order valence-electron chi connectivity index (χ3n) is 6.76. The van der Waals surface area contributed by atoms with Gasteiger partial charge in [-0.1, -0.05) is 24.3 Å². The average molecular weight is 576 g/mol. The van der Waals surface area contributed by atoms with Crippen LogP contribution in [0, 0.1) is 25.5 Å². The molecule has 0 saturated carbocycles. The summed E-state index contributed by atoms with van der Waals surface area (Å²) < 4.78 is 32.9. The molecule has 1 saturated heterocycles. The number of furan rings is 1. The second kappa shape index (κ2) is 13.0. The Bertz CT molecular complexity index is 1420. The molecule has 1 fully saturated rings. The molecule has 0 spiro atoms. The summed E-state index contributed by atoms with van der Waals surface area (Å²) in [5, 5.41) is 6.69. The minimum Gasteiger partial charge on any atom is -0.467 e. The maximum absolute atomic E-state index is 13.7. The van der Waals surface area contributed by atoms with Gasteiger partial charge in [0.05, 0.1) is 18.8 Å². The lowest BCUT2D eigenvalue weighted by Crippen LogP contribution is -2.52. The number of hydrogen-bond acceptors (Lipinski definition) is 5. The van der Waals surface area contributed by atoms with Crippen molar-refractivity contribution in [3.05, 3.63) is 113 Å². The molecule has 2 N–H and O–H groups in total. The second-order valence-electron chi connectivity index (χ2n) is 9.80. The van der Waals surface area contributed by atoms with Crippen molar-refractivity contribution in [1.82, 2.24) is 25.1 Å². The molecule has 0 amide bonds. The van der Waals surface area contributed by atoms with Crippen LogP contribution in [0.4, 0.5) is 14.7 Å². The molecule has 0 aliphatic carbocycles. The summed E-state index contributed by atoms with van der Waals surface area (Å²) in [5.74, 6) is 1.12. The second-order valence-corrected chi connectivity index (χ2v) is 10.2. The van der Waals surface area contributed by atoms with Crippen LogP contribution in [0.5, 0.6) is 0 Å². The van der Waals surface area contributed by atoms with Crippen LogP contribution in [0.3, 0.4) is 0 Å². The summed E-state index contributed by atoms with van der Waals surface area (Å²) in [6.45, 7) is 6.81. The number of nitrogens with zero attached hydrogens (tertiary/aromatic N) is 5. The number of aromatic nitrogens is 2. The van der Waals surface area contributed by atoms with Gasteiger partial charge in [0, 0.05) is 37.6 Å². The first-order valence-electron chi connectivity index (χ1n) is 13.3. The Morgan fingerprint density at radius 3 is 2.05 bits per heavy atom. The van der Waals surface area contributed by atoms with Gasteiger partial charge in [-0.05, 0) is 79.7 Å². The number of benzene rings is 2. The molecule has 2 aromatic heterocycles. The lowest BCUT2D eigenvalue weighted by atomic mass is 9.96. The van der Waals surface area contributed by atoms with Gasteiger partial charge in [0.1, 0.15) is 17.4 Å². The lowest BCUT2D eigenvalue weighted by Gasteiger charge is -2.40. The molecule has 0 unspecified atom stereocenters. The molecule has 11 heteroatoms. The van der Waals surface area contributed by atoms with Crippen molar-refractivity contribution in [1.29, 1.82) is 0 Å². The van der Waals surface area contributed by atoms with E-state index < -0.39 is 0 Å². The Balaban J connectivity index is 1.36. The monoisotopic (exact) mass is 575 g/mol. The molecule has 8 nitrogen and oxygen atoms in total. The molecule has 41 heavy (non-hydrogen) atoms. The Kier molecular flexibility index (Phi) is 8.95. The molecule has 1 aliphatic heterocycles. The zero-order valence-corrected chi connectivity index (χ0v) is 23.7. The molecule has 0 radical (unpaired) electrons. The number of thiocarbonyl (C=S) groups is 1. The first-order valence-corrected chi connectivity index (χ1v) is 13.7. The van der Waals surface area contributed by atoms with E-state index in [0.29, 0.717) is 49.7 Å². The van der Waals surface area contributed by atoms with Crippen LogP contribution in [0.1, 0.15) is 34.3 Å². The number of aliphatic imine (C=N–C) groups is 1. The molecule has 1 aliphatic rings. The molecule has 4 aromatic rings. The van der Waals surface area contributed by atoms with Gasteiger partial charge in [-0.3, -0.25) is 10.2 Å². The Hall–Kier alpha value is -4.22. The SMILES string of the molecule is Cc1cc(C)nc(N/C(=N/C(=S)NCc2ccco2)N2CCN(C(c3ccc(F)cc3)c3ccc(F)cc3)CC2)n1. The average Bonchev–Trinajstić information content (AvgIpc) is 3.48. The van der Waals surface area contributed by atoms with Crippen LogP contribution in [0.2, 0.25) is 0 Å². The molecule has 0 bridgehead atoms. The van der Waals surface area contributed by atoms with Gasteiger partial charge >= 0.3 is 0 Å². The highest BCUT2D eigenvalue weighted by Gasteiger charge is 2.28. The third kappa shape index (κ3) is 7.50. The highest BCUT2D eigenvalue weighted by Crippen LogP contribution is 2.30. The van der Waals surface area contributed by atoms with Crippen molar-refractivity contribution in [3.63, 3.8) is 0 Å². The van der Waals surface area contributed by atoms with Crippen molar-refractivity contribution < 1.29 is 13.2 Å². The number of anilines is 1. The Labute approximate surface area is 243 Å². The molecule has 2 aromatic carbocycles. The predicted molar refractivity (Wildman–Crippen MR) is 158 cm³/mol. The van der Waals surface area contributed by atoms with Crippen molar-refractivity contribution in [2.24, 2.45) is 4.99 Å². The number of piperazine rings is 1. The topological polar surface area (TPSA) is 81.8 Å². The fourth-order valence-corrected chi connectivity index (χ4v) is 5.03. The quantitative estimate of drug-likeness (QED) is 0.184. The summed E-state index contributed by atoms with van der Waals surface area (Å²) in [7, 11) is 0. The van der Waals surface area contributed by atoms with E-state index in [2.05, 4.69) is 35.4 Å². The van der Waals surface area contributed by atoms with Crippen LogP contribution in [-0.2, 0) is 6.54 Å². The number of halogens is 2. The van der Waals surface area contributed by atoms with E-state index in [1.165, 1.54) is 24.3 Å². The van der Waals surface area contributed by atoms with E-state index in [9.17, 15) is 8.78 Å². The van der Waals surface area contributed by atoms with Gasteiger partial charge in [-0.2, -0.15) is 4.99 Å². The van der Waals surface area contributed by atoms with E-state index in [0.717, 1.165) is 28.3 Å². The predicted octanol–water partition coefficient (Wildman–Crippen LogP) is 5.21. The van der Waals surface area contributed by atoms with Crippen LogP contribution in [0.15, 0.2) is 82.4 Å². The molecular formula is C30H31F2N7OS. The summed E-state index contributed by atoms with van der Waals surface area (Å²) in [6, 6.07) is 18.4. The van der Waals surface area contributed by atoms with Crippen LogP contribution in [-0.4, -0.2) is 57.0 Å². The largest absolute Gasteiger partial charge is 0.467 e. The number of nitrogens with one attached hydrogen (secondary N) is 2. The van der Waals surface area contributed by atoms with Gasteiger partial charge in [-0.25, -0.2) is 18.7 Å². The molecule has 212 valence electrons. The Morgan fingerprint density at radius 2 is 1.51 bits per heavy atom. The minimum atomic E-state index is -0.298. The molecule has 3 heterocycles.